The minimum Gasteiger partial charge on any atom is -0.508 e. The van der Waals surface area contributed by atoms with Crippen molar-refractivity contribution in [1.29, 1.82) is 0 Å². The molecule has 20 heavy (non-hydrogen) atoms. The van der Waals surface area contributed by atoms with E-state index in [1.807, 2.05) is 36.4 Å². The number of aromatic nitrogens is 1. The summed E-state index contributed by atoms with van der Waals surface area (Å²) in [5.41, 5.74) is 2.23. The van der Waals surface area contributed by atoms with Gasteiger partial charge in [-0.3, -0.25) is 0 Å². The number of hydrogen-bond donors (Lipinski definition) is 2. The van der Waals surface area contributed by atoms with Gasteiger partial charge in [0.15, 0.2) is 0 Å². The van der Waals surface area contributed by atoms with E-state index in [4.69, 9.17) is 0 Å². The first-order valence-corrected chi connectivity index (χ1v) is 6.28. The van der Waals surface area contributed by atoms with E-state index in [-0.39, 0.29) is 11.5 Å². The van der Waals surface area contributed by atoms with E-state index in [0.717, 1.165) is 16.6 Å². The van der Waals surface area contributed by atoms with Gasteiger partial charge in [-0.05, 0) is 35.9 Å². The van der Waals surface area contributed by atoms with Crippen LogP contribution in [0.15, 0.2) is 54.6 Å². The van der Waals surface area contributed by atoms with Crippen LogP contribution in [0, 0.1) is 0 Å². The minimum absolute atomic E-state index is 0.176. The Bertz CT molecular complexity index is 794. The highest BCUT2D eigenvalue weighted by Crippen LogP contribution is 2.23. The van der Waals surface area contributed by atoms with E-state index in [0.29, 0.717) is 5.52 Å². The second-order valence-corrected chi connectivity index (χ2v) is 4.51. The summed E-state index contributed by atoms with van der Waals surface area (Å²) in [7, 11) is 0. The molecule has 0 radical (unpaired) electrons. The molecule has 0 bridgehead atoms. The lowest BCUT2D eigenvalue weighted by molar-refractivity contribution is 0.475. The Labute approximate surface area is 116 Å². The summed E-state index contributed by atoms with van der Waals surface area (Å²) in [4.78, 5) is 4.41. The molecular weight excluding hydrogens is 250 g/mol. The fraction of sp³-hybridized carbons (Fsp3) is 0. The summed E-state index contributed by atoms with van der Waals surface area (Å²) in [6.45, 7) is 0. The van der Waals surface area contributed by atoms with Gasteiger partial charge in [-0.15, -0.1) is 0 Å². The number of para-hydroxylation sites is 1. The quantitative estimate of drug-likeness (QED) is 0.739. The zero-order valence-electron chi connectivity index (χ0n) is 10.7. The summed E-state index contributed by atoms with van der Waals surface area (Å²) < 4.78 is 0. The van der Waals surface area contributed by atoms with E-state index in [1.54, 1.807) is 30.3 Å². The predicted octanol–water partition coefficient (Wildman–Crippen LogP) is 3.82. The number of phenols is 2. The molecule has 0 fully saturated rings. The topological polar surface area (TPSA) is 53.4 Å². The average molecular weight is 263 g/mol. The Morgan fingerprint density at radius 1 is 0.850 bits per heavy atom. The highest BCUT2D eigenvalue weighted by Gasteiger charge is 2.00. The molecule has 0 aliphatic rings. The van der Waals surface area contributed by atoms with Gasteiger partial charge in [0.2, 0.25) is 0 Å². The molecule has 1 heterocycles. The molecule has 2 N–H and O–H groups in total. The molecule has 3 rings (SSSR count). The number of phenolic OH excluding ortho intramolecular Hbond substituents is 2. The lowest BCUT2D eigenvalue weighted by Crippen LogP contribution is -1.83. The zero-order chi connectivity index (χ0) is 13.9. The predicted molar refractivity (Wildman–Crippen MR) is 80.4 cm³/mol. The van der Waals surface area contributed by atoms with Gasteiger partial charge >= 0.3 is 0 Å². The summed E-state index contributed by atoms with van der Waals surface area (Å²) in [5.74, 6) is 0.409. The van der Waals surface area contributed by atoms with Crippen molar-refractivity contribution in [1.82, 2.24) is 4.98 Å². The number of benzene rings is 2. The van der Waals surface area contributed by atoms with Crippen LogP contribution in [0.25, 0.3) is 23.1 Å². The number of nitrogens with zero attached hydrogens (tertiary/aromatic N) is 1. The maximum Gasteiger partial charge on any atom is 0.141 e. The fourth-order valence-corrected chi connectivity index (χ4v) is 2.05. The monoisotopic (exact) mass is 263 g/mol. The van der Waals surface area contributed by atoms with Crippen molar-refractivity contribution in [2.75, 3.05) is 0 Å². The first-order chi connectivity index (χ1) is 9.72. The number of hydrogen-bond acceptors (Lipinski definition) is 3. The highest BCUT2D eigenvalue weighted by atomic mass is 16.3. The molecule has 98 valence electrons. The van der Waals surface area contributed by atoms with Crippen molar-refractivity contribution < 1.29 is 10.2 Å². The molecule has 3 aromatic rings. The van der Waals surface area contributed by atoms with E-state index in [9.17, 15) is 10.2 Å². The molecular formula is C17H13NO2. The third kappa shape index (κ3) is 2.47. The van der Waals surface area contributed by atoms with Crippen LogP contribution in [-0.2, 0) is 0 Å². The Balaban J connectivity index is 1.97. The number of aromatic hydroxyl groups is 2. The van der Waals surface area contributed by atoms with Crippen LogP contribution < -0.4 is 0 Å². The normalized spacial score (nSPS) is 11.2. The van der Waals surface area contributed by atoms with Crippen LogP contribution >= 0.6 is 0 Å². The van der Waals surface area contributed by atoms with Crippen LogP contribution in [0.2, 0.25) is 0 Å². The largest absolute Gasteiger partial charge is 0.508 e. The van der Waals surface area contributed by atoms with Gasteiger partial charge in [0.1, 0.15) is 17.0 Å². The Morgan fingerprint density at radius 3 is 2.55 bits per heavy atom. The maximum atomic E-state index is 9.80. The Morgan fingerprint density at radius 2 is 1.70 bits per heavy atom. The van der Waals surface area contributed by atoms with Crippen molar-refractivity contribution in [2.24, 2.45) is 0 Å². The third-order valence-electron chi connectivity index (χ3n) is 3.04. The first kappa shape index (κ1) is 12.2. The summed E-state index contributed by atoms with van der Waals surface area (Å²) >= 11 is 0. The van der Waals surface area contributed by atoms with Gasteiger partial charge in [0.25, 0.3) is 0 Å². The highest BCUT2D eigenvalue weighted by molar-refractivity contribution is 5.85. The molecule has 3 heteroatoms. The summed E-state index contributed by atoms with van der Waals surface area (Å²) in [5, 5.41) is 20.1. The third-order valence-corrected chi connectivity index (χ3v) is 3.04. The van der Waals surface area contributed by atoms with Gasteiger partial charge in [-0.1, -0.05) is 36.4 Å². The molecule has 0 unspecified atom stereocenters. The first-order valence-electron chi connectivity index (χ1n) is 6.28. The summed E-state index contributed by atoms with van der Waals surface area (Å²) in [6.07, 6.45) is 3.72. The molecule has 0 aliphatic heterocycles. The minimum atomic E-state index is 0.176. The van der Waals surface area contributed by atoms with Crippen LogP contribution in [0.1, 0.15) is 11.3 Å². The van der Waals surface area contributed by atoms with E-state index >= 15 is 0 Å². The van der Waals surface area contributed by atoms with Gasteiger partial charge in [-0.2, -0.15) is 0 Å². The lowest BCUT2D eigenvalue weighted by Gasteiger charge is -2.01. The standard InChI is InChI=1S/C17H13NO2/c19-15-5-1-3-12(11-15)7-9-14-10-8-13-4-2-6-16(20)17(13)18-14/h1-11,19-20H. The van der Waals surface area contributed by atoms with Crippen LogP contribution in [0.3, 0.4) is 0 Å². The van der Waals surface area contributed by atoms with Gasteiger partial charge in [0, 0.05) is 5.39 Å². The van der Waals surface area contributed by atoms with Gasteiger partial charge in [0.05, 0.1) is 5.69 Å². The molecule has 3 nitrogen and oxygen atoms in total. The number of rotatable bonds is 2. The van der Waals surface area contributed by atoms with Gasteiger partial charge in [-0.25, -0.2) is 4.98 Å². The van der Waals surface area contributed by atoms with E-state index in [1.165, 1.54) is 0 Å². The molecule has 0 spiro atoms. The van der Waals surface area contributed by atoms with Crippen molar-refractivity contribution in [3.63, 3.8) is 0 Å². The van der Waals surface area contributed by atoms with Crippen molar-refractivity contribution in [2.45, 2.75) is 0 Å². The van der Waals surface area contributed by atoms with E-state index < -0.39 is 0 Å². The van der Waals surface area contributed by atoms with Crippen LogP contribution in [-0.4, -0.2) is 15.2 Å². The lowest BCUT2D eigenvalue weighted by atomic mass is 10.1. The molecule has 0 saturated heterocycles. The van der Waals surface area contributed by atoms with Crippen molar-refractivity contribution in [3.05, 3.63) is 65.9 Å². The zero-order valence-corrected chi connectivity index (χ0v) is 10.7. The van der Waals surface area contributed by atoms with Gasteiger partial charge < -0.3 is 10.2 Å². The molecule has 2 aromatic carbocycles. The molecule has 1 aromatic heterocycles. The molecule has 0 aliphatic carbocycles. The molecule has 0 atom stereocenters. The number of fused-ring (bicyclic) bond motifs is 1. The molecule has 0 amide bonds. The van der Waals surface area contributed by atoms with E-state index in [2.05, 4.69) is 4.98 Å². The fourth-order valence-electron chi connectivity index (χ4n) is 2.05. The maximum absolute atomic E-state index is 9.80. The van der Waals surface area contributed by atoms with Crippen molar-refractivity contribution >= 4 is 23.1 Å². The molecule has 0 saturated carbocycles. The van der Waals surface area contributed by atoms with Crippen molar-refractivity contribution in [3.8, 4) is 11.5 Å². The number of pyridine rings is 1. The second-order valence-electron chi connectivity index (χ2n) is 4.51. The summed E-state index contributed by atoms with van der Waals surface area (Å²) in [6, 6.07) is 16.1. The SMILES string of the molecule is Oc1cccc(C=Cc2ccc3cccc(O)c3n2)c1. The smallest absolute Gasteiger partial charge is 0.141 e. The second kappa shape index (κ2) is 5.05. The van der Waals surface area contributed by atoms with Crippen LogP contribution in [0.4, 0.5) is 0 Å². The average Bonchev–Trinajstić information content (AvgIpc) is 2.46. The van der Waals surface area contributed by atoms with Crippen LogP contribution in [0.5, 0.6) is 11.5 Å². The Kier molecular flexibility index (Phi) is 3.09. The Hall–Kier alpha value is -2.81.